The summed E-state index contributed by atoms with van der Waals surface area (Å²) in [6.45, 7) is 4.53. The summed E-state index contributed by atoms with van der Waals surface area (Å²) in [7, 11) is 0. The molecule has 1 aromatic carbocycles. The van der Waals surface area contributed by atoms with Crippen LogP contribution in [-0.4, -0.2) is 10.1 Å². The quantitative estimate of drug-likeness (QED) is 0.883. The van der Waals surface area contributed by atoms with Crippen LogP contribution in [0.4, 0.5) is 0 Å². The Balaban J connectivity index is 2.05. The van der Waals surface area contributed by atoms with Gasteiger partial charge in [-0.25, -0.2) is 0 Å². The van der Waals surface area contributed by atoms with E-state index in [1.54, 1.807) is 0 Å². The average molecular weight is 269 g/mol. The monoisotopic (exact) mass is 269 g/mol. The van der Waals surface area contributed by atoms with Crippen LogP contribution in [0.25, 0.3) is 10.8 Å². The highest BCUT2D eigenvalue weighted by Crippen LogP contribution is 2.44. The number of benzene rings is 1. The third-order valence-electron chi connectivity index (χ3n) is 4.89. The molecular weight excluding hydrogens is 246 g/mol. The molecule has 0 amide bonds. The van der Waals surface area contributed by atoms with Gasteiger partial charge in [0.15, 0.2) is 0 Å². The summed E-state index contributed by atoms with van der Waals surface area (Å²) in [5.41, 5.74) is 0.413. The number of hydrogen-bond donors (Lipinski definition) is 1. The summed E-state index contributed by atoms with van der Waals surface area (Å²) < 4.78 is 0. The zero-order valence-electron chi connectivity index (χ0n) is 12.3. The van der Waals surface area contributed by atoms with E-state index in [-0.39, 0.29) is 0 Å². The van der Waals surface area contributed by atoms with Gasteiger partial charge in [0.1, 0.15) is 0 Å². The van der Waals surface area contributed by atoms with Crippen molar-refractivity contribution in [1.82, 2.24) is 4.98 Å². The van der Waals surface area contributed by atoms with Gasteiger partial charge in [0.25, 0.3) is 0 Å². The molecular formula is C18H23NO. The molecule has 106 valence electrons. The van der Waals surface area contributed by atoms with E-state index in [1.165, 1.54) is 6.42 Å². The van der Waals surface area contributed by atoms with Crippen LogP contribution in [0.2, 0.25) is 0 Å². The van der Waals surface area contributed by atoms with Crippen LogP contribution in [0.15, 0.2) is 36.7 Å². The summed E-state index contributed by atoms with van der Waals surface area (Å²) >= 11 is 0. The van der Waals surface area contributed by atoms with Crippen LogP contribution >= 0.6 is 0 Å². The van der Waals surface area contributed by atoms with Crippen molar-refractivity contribution >= 4 is 10.8 Å². The maximum Gasteiger partial charge on any atom is 0.0905 e. The maximum absolute atomic E-state index is 11.2. The molecule has 2 atom stereocenters. The second kappa shape index (κ2) is 5.17. The van der Waals surface area contributed by atoms with Gasteiger partial charge in [-0.1, -0.05) is 32.0 Å². The Morgan fingerprint density at radius 1 is 1.30 bits per heavy atom. The highest BCUT2D eigenvalue weighted by Gasteiger charge is 2.37. The van der Waals surface area contributed by atoms with E-state index in [1.807, 2.05) is 24.5 Å². The molecule has 1 N–H and O–H groups in total. The molecule has 3 rings (SSSR count). The molecule has 1 aliphatic rings. The second-order valence-corrected chi connectivity index (χ2v) is 6.53. The van der Waals surface area contributed by atoms with Crippen molar-refractivity contribution in [2.45, 2.75) is 45.1 Å². The molecule has 2 heteroatoms. The topological polar surface area (TPSA) is 33.1 Å². The molecule has 2 unspecified atom stereocenters. The molecule has 20 heavy (non-hydrogen) atoms. The number of fused-ring (bicyclic) bond motifs is 1. The summed E-state index contributed by atoms with van der Waals surface area (Å²) in [5.74, 6) is 1.25. The first-order chi connectivity index (χ1) is 9.60. The fourth-order valence-electron chi connectivity index (χ4n) is 3.64. The predicted molar refractivity (Wildman–Crippen MR) is 82.4 cm³/mol. The molecule has 2 aromatic rings. The summed E-state index contributed by atoms with van der Waals surface area (Å²) in [5, 5.41) is 13.5. The smallest absolute Gasteiger partial charge is 0.0905 e. The first-order valence-corrected chi connectivity index (χ1v) is 7.66. The first kappa shape index (κ1) is 13.6. The minimum Gasteiger partial charge on any atom is -0.385 e. The van der Waals surface area contributed by atoms with Gasteiger partial charge >= 0.3 is 0 Å². The van der Waals surface area contributed by atoms with Crippen molar-refractivity contribution in [2.24, 2.45) is 11.8 Å². The van der Waals surface area contributed by atoms with Gasteiger partial charge in [-0.15, -0.1) is 0 Å². The minimum atomic E-state index is -0.673. The Kier molecular flexibility index (Phi) is 3.51. The van der Waals surface area contributed by atoms with Gasteiger partial charge in [-0.3, -0.25) is 4.98 Å². The number of rotatable bonds is 2. The Morgan fingerprint density at radius 2 is 2.15 bits per heavy atom. The zero-order chi connectivity index (χ0) is 14.2. The van der Waals surface area contributed by atoms with Gasteiger partial charge in [-0.2, -0.15) is 0 Å². The summed E-state index contributed by atoms with van der Waals surface area (Å²) in [6.07, 6.45) is 7.81. The van der Waals surface area contributed by atoms with E-state index in [2.05, 4.69) is 31.0 Å². The number of hydrogen-bond acceptors (Lipinski definition) is 2. The SMILES string of the molecule is CC(C)C1CCCC(O)(c2cccc3cnccc23)C1. The zero-order valence-corrected chi connectivity index (χ0v) is 12.3. The van der Waals surface area contributed by atoms with Crippen LogP contribution in [-0.2, 0) is 5.60 Å². The predicted octanol–water partition coefficient (Wildman–Crippen LogP) is 4.27. The Morgan fingerprint density at radius 3 is 2.95 bits per heavy atom. The second-order valence-electron chi connectivity index (χ2n) is 6.53. The minimum absolute atomic E-state index is 0.617. The molecule has 0 saturated heterocycles. The Bertz CT molecular complexity index is 602. The summed E-state index contributed by atoms with van der Waals surface area (Å²) in [6, 6.07) is 8.22. The van der Waals surface area contributed by atoms with Crippen LogP contribution in [0.1, 0.15) is 45.1 Å². The largest absolute Gasteiger partial charge is 0.385 e. The molecule has 1 saturated carbocycles. The van der Waals surface area contributed by atoms with Crippen LogP contribution in [0.3, 0.4) is 0 Å². The van der Waals surface area contributed by atoms with Gasteiger partial charge in [0, 0.05) is 17.8 Å². The molecule has 0 spiro atoms. The van der Waals surface area contributed by atoms with Crippen molar-refractivity contribution in [3.63, 3.8) is 0 Å². The lowest BCUT2D eigenvalue weighted by Crippen LogP contribution is -2.34. The van der Waals surface area contributed by atoms with Crippen LogP contribution in [0, 0.1) is 11.8 Å². The molecule has 1 aliphatic carbocycles. The van der Waals surface area contributed by atoms with Crippen LogP contribution < -0.4 is 0 Å². The van der Waals surface area contributed by atoms with E-state index >= 15 is 0 Å². The average Bonchev–Trinajstić information content (AvgIpc) is 2.46. The third-order valence-corrected chi connectivity index (χ3v) is 4.89. The van der Waals surface area contributed by atoms with Crippen molar-refractivity contribution < 1.29 is 5.11 Å². The number of nitrogens with zero attached hydrogens (tertiary/aromatic N) is 1. The number of aliphatic hydroxyl groups is 1. The van der Waals surface area contributed by atoms with Gasteiger partial charge in [-0.05, 0) is 54.5 Å². The summed E-state index contributed by atoms with van der Waals surface area (Å²) in [4.78, 5) is 4.18. The molecule has 0 aliphatic heterocycles. The van der Waals surface area contributed by atoms with Crippen molar-refractivity contribution in [2.75, 3.05) is 0 Å². The van der Waals surface area contributed by atoms with E-state index in [0.717, 1.165) is 35.6 Å². The van der Waals surface area contributed by atoms with Gasteiger partial charge in [0.05, 0.1) is 5.60 Å². The van der Waals surface area contributed by atoms with Crippen molar-refractivity contribution in [3.8, 4) is 0 Å². The maximum atomic E-state index is 11.2. The lowest BCUT2D eigenvalue weighted by atomic mass is 9.70. The lowest BCUT2D eigenvalue weighted by molar-refractivity contribution is -0.0283. The van der Waals surface area contributed by atoms with Gasteiger partial charge in [0.2, 0.25) is 0 Å². The highest BCUT2D eigenvalue weighted by atomic mass is 16.3. The van der Waals surface area contributed by atoms with E-state index in [9.17, 15) is 5.11 Å². The molecule has 1 aromatic heterocycles. The Labute approximate surface area is 120 Å². The van der Waals surface area contributed by atoms with E-state index < -0.39 is 5.60 Å². The van der Waals surface area contributed by atoms with Crippen molar-refractivity contribution in [3.05, 3.63) is 42.2 Å². The van der Waals surface area contributed by atoms with E-state index in [0.29, 0.717) is 11.8 Å². The lowest BCUT2D eigenvalue weighted by Gasteiger charge is -2.39. The molecule has 2 nitrogen and oxygen atoms in total. The molecule has 0 radical (unpaired) electrons. The highest BCUT2D eigenvalue weighted by molar-refractivity contribution is 5.85. The van der Waals surface area contributed by atoms with Gasteiger partial charge < -0.3 is 5.11 Å². The molecule has 1 heterocycles. The number of aromatic nitrogens is 1. The molecule has 1 fully saturated rings. The normalized spacial score (nSPS) is 27.1. The van der Waals surface area contributed by atoms with Crippen molar-refractivity contribution in [1.29, 1.82) is 0 Å². The fourth-order valence-corrected chi connectivity index (χ4v) is 3.64. The number of pyridine rings is 1. The molecule has 0 bridgehead atoms. The Hall–Kier alpha value is -1.41. The third kappa shape index (κ3) is 2.33. The first-order valence-electron chi connectivity index (χ1n) is 7.66. The van der Waals surface area contributed by atoms with Crippen LogP contribution in [0.5, 0.6) is 0 Å². The van der Waals surface area contributed by atoms with E-state index in [4.69, 9.17) is 0 Å². The standard InChI is InChI=1S/C18H23NO/c1-13(2)14-6-4-9-18(20,11-14)17-7-3-5-15-12-19-10-8-16(15)17/h3,5,7-8,10,12-14,20H,4,6,9,11H2,1-2H3. The fraction of sp³-hybridized carbons (Fsp3) is 0.500.